The van der Waals surface area contributed by atoms with E-state index in [4.69, 9.17) is 4.52 Å². The van der Waals surface area contributed by atoms with Gasteiger partial charge in [-0.05, 0) is 19.8 Å². The second-order valence-corrected chi connectivity index (χ2v) is 4.15. The molecule has 0 unspecified atom stereocenters. The highest BCUT2D eigenvalue weighted by atomic mass is 79.9. The number of nitrogens with zero attached hydrogens (tertiary/aromatic N) is 1. The molecule has 1 N–H and O–H groups in total. The third-order valence-electron chi connectivity index (χ3n) is 1.92. The number of halogens is 1. The van der Waals surface area contributed by atoms with Crippen LogP contribution in [0.4, 0.5) is 0 Å². The fraction of sp³-hybridized carbons (Fsp3) is 0.600. The van der Waals surface area contributed by atoms with Gasteiger partial charge in [0.15, 0.2) is 5.76 Å². The molecule has 0 saturated heterocycles. The third kappa shape index (κ3) is 4.97. The van der Waals surface area contributed by atoms with E-state index in [1.807, 2.05) is 13.0 Å². The fourth-order valence-corrected chi connectivity index (χ4v) is 1.55. The smallest absolute Gasteiger partial charge is 0.220 e. The first-order chi connectivity index (χ1) is 7.22. The second-order valence-electron chi connectivity index (χ2n) is 3.36. The molecule has 0 fully saturated rings. The van der Waals surface area contributed by atoms with Crippen molar-refractivity contribution in [2.75, 3.05) is 5.33 Å². The van der Waals surface area contributed by atoms with Crippen molar-refractivity contribution in [3.8, 4) is 0 Å². The number of carbonyl (C=O) groups excluding carboxylic acids is 1. The Hall–Kier alpha value is -0.840. The number of nitrogens with one attached hydrogen (secondary N) is 1. The quantitative estimate of drug-likeness (QED) is 0.639. The van der Waals surface area contributed by atoms with Gasteiger partial charge in [0, 0.05) is 17.8 Å². The minimum absolute atomic E-state index is 0.0602. The molecule has 1 aromatic heterocycles. The Balaban J connectivity index is 2.16. The van der Waals surface area contributed by atoms with Gasteiger partial charge in [-0.1, -0.05) is 21.1 Å². The number of hydrogen-bond acceptors (Lipinski definition) is 3. The lowest BCUT2D eigenvalue weighted by molar-refractivity contribution is -0.121. The van der Waals surface area contributed by atoms with Crippen LogP contribution in [0.5, 0.6) is 0 Å². The molecule has 0 atom stereocenters. The molecule has 0 radical (unpaired) electrons. The van der Waals surface area contributed by atoms with Crippen molar-refractivity contribution in [1.82, 2.24) is 10.5 Å². The van der Waals surface area contributed by atoms with E-state index in [1.54, 1.807) is 0 Å². The first-order valence-electron chi connectivity index (χ1n) is 4.97. The normalized spacial score (nSPS) is 10.3. The Kier molecular flexibility index (Phi) is 5.39. The summed E-state index contributed by atoms with van der Waals surface area (Å²) in [4.78, 5) is 11.3. The van der Waals surface area contributed by atoms with E-state index in [0.717, 1.165) is 23.9 Å². The highest BCUT2D eigenvalue weighted by Gasteiger charge is 2.03. The Labute approximate surface area is 97.5 Å². The highest BCUT2D eigenvalue weighted by Crippen LogP contribution is 2.02. The maximum atomic E-state index is 11.3. The molecule has 0 bridgehead atoms. The lowest BCUT2D eigenvalue weighted by Crippen LogP contribution is -2.22. The molecule has 15 heavy (non-hydrogen) atoms. The van der Waals surface area contributed by atoms with E-state index < -0.39 is 0 Å². The van der Waals surface area contributed by atoms with E-state index in [-0.39, 0.29) is 5.91 Å². The van der Waals surface area contributed by atoms with Crippen LogP contribution < -0.4 is 5.32 Å². The molecule has 0 spiro atoms. The van der Waals surface area contributed by atoms with Gasteiger partial charge in [-0.3, -0.25) is 4.79 Å². The van der Waals surface area contributed by atoms with Crippen molar-refractivity contribution in [2.24, 2.45) is 0 Å². The Morgan fingerprint density at radius 1 is 1.60 bits per heavy atom. The highest BCUT2D eigenvalue weighted by molar-refractivity contribution is 9.09. The standard InChI is InChI=1S/C10H15BrN2O2/c1-8-6-9(15-13-8)7-12-10(14)4-2-3-5-11/h6H,2-5,7H2,1H3,(H,12,14). The summed E-state index contributed by atoms with van der Waals surface area (Å²) in [6, 6.07) is 1.82. The zero-order valence-corrected chi connectivity index (χ0v) is 10.3. The molecule has 1 rings (SSSR count). The number of aryl methyl sites for hydroxylation is 1. The third-order valence-corrected chi connectivity index (χ3v) is 2.48. The number of unbranched alkanes of at least 4 members (excludes halogenated alkanes) is 1. The Bertz CT molecular complexity index is 312. The number of alkyl halides is 1. The second kappa shape index (κ2) is 6.61. The van der Waals surface area contributed by atoms with Crippen LogP contribution >= 0.6 is 15.9 Å². The average molecular weight is 275 g/mol. The molecule has 4 nitrogen and oxygen atoms in total. The minimum Gasteiger partial charge on any atom is -0.359 e. The predicted molar refractivity (Wildman–Crippen MR) is 60.7 cm³/mol. The summed E-state index contributed by atoms with van der Waals surface area (Å²) in [5.41, 5.74) is 0.832. The van der Waals surface area contributed by atoms with Gasteiger partial charge in [-0.2, -0.15) is 0 Å². The minimum atomic E-state index is 0.0602. The number of carbonyl (C=O) groups is 1. The number of amides is 1. The number of hydrogen-bond donors (Lipinski definition) is 1. The first-order valence-corrected chi connectivity index (χ1v) is 6.09. The van der Waals surface area contributed by atoms with E-state index in [2.05, 4.69) is 26.4 Å². The largest absolute Gasteiger partial charge is 0.359 e. The summed E-state index contributed by atoms with van der Waals surface area (Å²) in [5.74, 6) is 0.756. The summed E-state index contributed by atoms with van der Waals surface area (Å²) in [6.45, 7) is 2.28. The topological polar surface area (TPSA) is 55.1 Å². The maximum Gasteiger partial charge on any atom is 0.220 e. The van der Waals surface area contributed by atoms with Crippen LogP contribution in [0.25, 0.3) is 0 Å². The van der Waals surface area contributed by atoms with Gasteiger partial charge in [0.25, 0.3) is 0 Å². The Morgan fingerprint density at radius 3 is 3.00 bits per heavy atom. The average Bonchev–Trinajstić information content (AvgIpc) is 2.62. The van der Waals surface area contributed by atoms with Crippen molar-refractivity contribution in [2.45, 2.75) is 32.7 Å². The van der Waals surface area contributed by atoms with E-state index in [1.165, 1.54) is 0 Å². The molecule has 84 valence electrons. The van der Waals surface area contributed by atoms with Gasteiger partial charge in [0.05, 0.1) is 12.2 Å². The van der Waals surface area contributed by atoms with E-state index >= 15 is 0 Å². The lowest BCUT2D eigenvalue weighted by Gasteiger charge is -2.01. The van der Waals surface area contributed by atoms with Crippen LogP contribution in [-0.4, -0.2) is 16.4 Å². The monoisotopic (exact) mass is 274 g/mol. The predicted octanol–water partition coefficient (Wildman–Crippen LogP) is 2.16. The summed E-state index contributed by atoms with van der Waals surface area (Å²) in [6.07, 6.45) is 2.50. The summed E-state index contributed by atoms with van der Waals surface area (Å²) in [7, 11) is 0. The molecule has 0 aliphatic heterocycles. The molecule has 0 aromatic carbocycles. The van der Waals surface area contributed by atoms with Gasteiger partial charge >= 0.3 is 0 Å². The fourth-order valence-electron chi connectivity index (χ4n) is 1.15. The SMILES string of the molecule is Cc1cc(CNC(=O)CCCCBr)on1. The van der Waals surface area contributed by atoms with Crippen LogP contribution in [-0.2, 0) is 11.3 Å². The van der Waals surface area contributed by atoms with Gasteiger partial charge in [-0.25, -0.2) is 0 Å². The molecule has 5 heteroatoms. The van der Waals surface area contributed by atoms with Crippen LogP contribution in [0, 0.1) is 6.92 Å². The lowest BCUT2D eigenvalue weighted by atomic mass is 10.2. The van der Waals surface area contributed by atoms with Gasteiger partial charge in [0.1, 0.15) is 0 Å². The summed E-state index contributed by atoms with van der Waals surface area (Å²) >= 11 is 3.32. The van der Waals surface area contributed by atoms with Crippen molar-refractivity contribution < 1.29 is 9.32 Å². The molecule has 1 aromatic rings. The zero-order chi connectivity index (χ0) is 11.1. The molecule has 1 heterocycles. The Morgan fingerprint density at radius 2 is 2.40 bits per heavy atom. The van der Waals surface area contributed by atoms with E-state index in [0.29, 0.717) is 18.7 Å². The maximum absolute atomic E-state index is 11.3. The van der Waals surface area contributed by atoms with Crippen molar-refractivity contribution >= 4 is 21.8 Å². The van der Waals surface area contributed by atoms with Crippen LogP contribution in [0.2, 0.25) is 0 Å². The molecule has 0 saturated carbocycles. The molecule has 1 amide bonds. The summed E-state index contributed by atoms with van der Waals surface area (Å²) in [5, 5.41) is 7.47. The molecule has 0 aliphatic rings. The van der Waals surface area contributed by atoms with Crippen molar-refractivity contribution in [1.29, 1.82) is 0 Å². The van der Waals surface area contributed by atoms with E-state index in [9.17, 15) is 4.79 Å². The molecular formula is C10H15BrN2O2. The van der Waals surface area contributed by atoms with Gasteiger partial charge in [-0.15, -0.1) is 0 Å². The van der Waals surface area contributed by atoms with Crippen molar-refractivity contribution in [3.63, 3.8) is 0 Å². The van der Waals surface area contributed by atoms with Crippen LogP contribution in [0.1, 0.15) is 30.7 Å². The number of rotatable bonds is 6. The van der Waals surface area contributed by atoms with Gasteiger partial charge < -0.3 is 9.84 Å². The van der Waals surface area contributed by atoms with Crippen molar-refractivity contribution in [3.05, 3.63) is 17.5 Å². The van der Waals surface area contributed by atoms with Crippen LogP contribution in [0.3, 0.4) is 0 Å². The zero-order valence-electron chi connectivity index (χ0n) is 8.75. The van der Waals surface area contributed by atoms with Crippen LogP contribution in [0.15, 0.2) is 10.6 Å². The van der Waals surface area contributed by atoms with Gasteiger partial charge in [0.2, 0.25) is 5.91 Å². The first kappa shape index (κ1) is 12.2. The summed E-state index contributed by atoms with van der Waals surface area (Å²) < 4.78 is 4.97. The molecular weight excluding hydrogens is 260 g/mol. The number of aromatic nitrogens is 1. The molecule has 0 aliphatic carbocycles.